The van der Waals surface area contributed by atoms with Crippen LogP contribution in [0.1, 0.15) is 5.56 Å². The molecule has 0 amide bonds. The first-order valence-electron chi connectivity index (χ1n) is 4.33. The third-order valence-electron chi connectivity index (χ3n) is 1.76. The fraction of sp³-hybridized carbons (Fsp3) is 0.182. The zero-order valence-electron chi connectivity index (χ0n) is 7.90. The lowest BCUT2D eigenvalue weighted by Gasteiger charge is -2.04. The van der Waals surface area contributed by atoms with Crippen molar-refractivity contribution < 1.29 is 9.53 Å². The molecule has 0 aliphatic carbocycles. The van der Waals surface area contributed by atoms with Crippen molar-refractivity contribution in [3.63, 3.8) is 0 Å². The molecule has 0 atom stereocenters. The standard InChI is InChI=1S/C11H13NO2/c1-9(11(13)14-8-12)7-10-5-3-2-4-6-10/h2-6H,1,7-8,12H2. The molecule has 0 bridgehead atoms. The summed E-state index contributed by atoms with van der Waals surface area (Å²) in [5.74, 6) is -0.434. The highest BCUT2D eigenvalue weighted by Crippen LogP contribution is 2.07. The molecule has 0 saturated heterocycles. The van der Waals surface area contributed by atoms with Gasteiger partial charge in [0.2, 0.25) is 0 Å². The number of hydrogen-bond acceptors (Lipinski definition) is 3. The van der Waals surface area contributed by atoms with Gasteiger partial charge in [-0.05, 0) is 5.56 Å². The van der Waals surface area contributed by atoms with Crippen LogP contribution < -0.4 is 5.73 Å². The first kappa shape index (κ1) is 10.5. The van der Waals surface area contributed by atoms with Gasteiger partial charge in [0.05, 0.1) is 0 Å². The molecule has 1 aromatic carbocycles. The van der Waals surface area contributed by atoms with Crippen molar-refractivity contribution in [2.45, 2.75) is 6.42 Å². The molecule has 0 aliphatic rings. The van der Waals surface area contributed by atoms with E-state index in [2.05, 4.69) is 11.3 Å². The molecule has 3 nitrogen and oxygen atoms in total. The van der Waals surface area contributed by atoms with E-state index in [1.165, 1.54) is 0 Å². The Morgan fingerprint density at radius 3 is 2.57 bits per heavy atom. The van der Waals surface area contributed by atoms with Gasteiger partial charge in [0.15, 0.2) is 0 Å². The lowest BCUT2D eigenvalue weighted by atomic mass is 10.1. The van der Waals surface area contributed by atoms with E-state index in [1.54, 1.807) is 0 Å². The highest BCUT2D eigenvalue weighted by atomic mass is 16.5. The van der Waals surface area contributed by atoms with E-state index in [0.29, 0.717) is 12.0 Å². The molecule has 0 unspecified atom stereocenters. The molecule has 74 valence electrons. The Morgan fingerprint density at radius 1 is 1.36 bits per heavy atom. The number of benzene rings is 1. The van der Waals surface area contributed by atoms with Crippen LogP contribution in [0.4, 0.5) is 0 Å². The van der Waals surface area contributed by atoms with Crippen molar-refractivity contribution in [3.8, 4) is 0 Å². The minimum atomic E-state index is -0.434. The van der Waals surface area contributed by atoms with Crippen molar-refractivity contribution in [3.05, 3.63) is 48.0 Å². The van der Waals surface area contributed by atoms with E-state index in [9.17, 15) is 4.79 Å². The summed E-state index contributed by atoms with van der Waals surface area (Å²) >= 11 is 0. The number of nitrogens with two attached hydrogens (primary N) is 1. The Morgan fingerprint density at radius 2 is 2.00 bits per heavy atom. The molecule has 0 saturated carbocycles. The molecular formula is C11H13NO2. The minimum Gasteiger partial charge on any atom is -0.447 e. The van der Waals surface area contributed by atoms with Crippen LogP contribution in [0.2, 0.25) is 0 Å². The van der Waals surface area contributed by atoms with E-state index in [4.69, 9.17) is 5.73 Å². The Labute approximate surface area is 83.2 Å². The van der Waals surface area contributed by atoms with E-state index in [1.807, 2.05) is 30.3 Å². The number of carbonyl (C=O) groups is 1. The zero-order valence-corrected chi connectivity index (χ0v) is 7.90. The fourth-order valence-electron chi connectivity index (χ4n) is 1.09. The second kappa shape index (κ2) is 5.19. The highest BCUT2D eigenvalue weighted by molar-refractivity contribution is 5.88. The molecule has 0 spiro atoms. The second-order valence-corrected chi connectivity index (χ2v) is 2.86. The summed E-state index contributed by atoms with van der Waals surface area (Å²) in [4.78, 5) is 11.1. The van der Waals surface area contributed by atoms with Crippen molar-refractivity contribution in [2.24, 2.45) is 5.73 Å². The summed E-state index contributed by atoms with van der Waals surface area (Å²) in [7, 11) is 0. The van der Waals surface area contributed by atoms with Gasteiger partial charge in [-0.15, -0.1) is 0 Å². The van der Waals surface area contributed by atoms with Crippen molar-refractivity contribution in [1.82, 2.24) is 0 Å². The van der Waals surface area contributed by atoms with Crippen LogP contribution >= 0.6 is 0 Å². The second-order valence-electron chi connectivity index (χ2n) is 2.86. The number of carbonyl (C=O) groups excluding carboxylic acids is 1. The normalized spacial score (nSPS) is 9.50. The largest absolute Gasteiger partial charge is 0.447 e. The first-order valence-corrected chi connectivity index (χ1v) is 4.33. The van der Waals surface area contributed by atoms with E-state index in [-0.39, 0.29) is 6.73 Å². The van der Waals surface area contributed by atoms with Crippen molar-refractivity contribution in [2.75, 3.05) is 6.73 Å². The van der Waals surface area contributed by atoms with Crippen LogP contribution in [0.5, 0.6) is 0 Å². The van der Waals surface area contributed by atoms with Crippen LogP contribution in [0, 0.1) is 0 Å². The zero-order chi connectivity index (χ0) is 10.4. The van der Waals surface area contributed by atoms with Crippen LogP contribution in [0.25, 0.3) is 0 Å². The predicted octanol–water partition coefficient (Wildman–Crippen LogP) is 1.24. The van der Waals surface area contributed by atoms with Crippen LogP contribution in [0.15, 0.2) is 42.5 Å². The van der Waals surface area contributed by atoms with Gasteiger partial charge in [0.1, 0.15) is 6.73 Å². The van der Waals surface area contributed by atoms with Crippen LogP contribution in [0.3, 0.4) is 0 Å². The topological polar surface area (TPSA) is 52.3 Å². The third-order valence-corrected chi connectivity index (χ3v) is 1.76. The summed E-state index contributed by atoms with van der Waals surface area (Å²) in [5.41, 5.74) is 6.53. The Hall–Kier alpha value is -1.61. The first-order chi connectivity index (χ1) is 6.74. The number of rotatable bonds is 4. The van der Waals surface area contributed by atoms with Crippen LogP contribution in [-0.4, -0.2) is 12.7 Å². The number of esters is 1. The van der Waals surface area contributed by atoms with E-state index < -0.39 is 5.97 Å². The Bertz CT molecular complexity index is 319. The maximum Gasteiger partial charge on any atom is 0.335 e. The molecular weight excluding hydrogens is 178 g/mol. The number of hydrogen-bond donors (Lipinski definition) is 1. The molecule has 0 aliphatic heterocycles. The molecule has 3 heteroatoms. The molecule has 0 aromatic heterocycles. The molecule has 0 fully saturated rings. The fourth-order valence-corrected chi connectivity index (χ4v) is 1.09. The summed E-state index contributed by atoms with van der Waals surface area (Å²) in [6, 6.07) is 9.61. The minimum absolute atomic E-state index is 0.105. The molecule has 2 N–H and O–H groups in total. The van der Waals surface area contributed by atoms with Crippen molar-refractivity contribution in [1.29, 1.82) is 0 Å². The SMILES string of the molecule is C=C(Cc1ccccc1)C(=O)OCN. The van der Waals surface area contributed by atoms with Crippen LogP contribution in [-0.2, 0) is 16.0 Å². The summed E-state index contributed by atoms with van der Waals surface area (Å²) in [5, 5.41) is 0. The Kier molecular flexibility index (Phi) is 3.88. The molecule has 1 aromatic rings. The van der Waals surface area contributed by atoms with Crippen molar-refractivity contribution >= 4 is 5.97 Å². The monoisotopic (exact) mass is 191 g/mol. The van der Waals surface area contributed by atoms with Gasteiger partial charge in [0.25, 0.3) is 0 Å². The lowest BCUT2D eigenvalue weighted by Crippen LogP contribution is -2.14. The van der Waals surface area contributed by atoms with E-state index >= 15 is 0 Å². The average molecular weight is 191 g/mol. The average Bonchev–Trinajstić information content (AvgIpc) is 2.19. The third kappa shape index (κ3) is 3.03. The molecule has 0 heterocycles. The summed E-state index contributed by atoms with van der Waals surface area (Å²) < 4.78 is 4.62. The number of ether oxygens (including phenoxy) is 1. The molecule has 14 heavy (non-hydrogen) atoms. The van der Waals surface area contributed by atoms with E-state index in [0.717, 1.165) is 5.56 Å². The van der Waals surface area contributed by atoms with Gasteiger partial charge in [-0.25, -0.2) is 4.79 Å². The maximum absolute atomic E-state index is 11.1. The lowest BCUT2D eigenvalue weighted by molar-refractivity contribution is -0.138. The quantitative estimate of drug-likeness (QED) is 0.442. The van der Waals surface area contributed by atoms with Gasteiger partial charge in [-0.3, -0.25) is 5.73 Å². The summed E-state index contributed by atoms with van der Waals surface area (Å²) in [6.07, 6.45) is 0.500. The molecule has 1 rings (SSSR count). The van der Waals surface area contributed by atoms with Gasteiger partial charge >= 0.3 is 5.97 Å². The smallest absolute Gasteiger partial charge is 0.335 e. The maximum atomic E-state index is 11.1. The van der Waals surface area contributed by atoms with Gasteiger partial charge < -0.3 is 4.74 Å². The molecule has 0 radical (unpaired) electrons. The van der Waals surface area contributed by atoms with Gasteiger partial charge in [-0.2, -0.15) is 0 Å². The predicted molar refractivity (Wildman–Crippen MR) is 54.4 cm³/mol. The van der Waals surface area contributed by atoms with Gasteiger partial charge in [0, 0.05) is 12.0 Å². The Balaban J connectivity index is 2.53. The highest BCUT2D eigenvalue weighted by Gasteiger charge is 2.07. The van der Waals surface area contributed by atoms with Gasteiger partial charge in [-0.1, -0.05) is 36.9 Å². The summed E-state index contributed by atoms with van der Waals surface area (Å²) in [6.45, 7) is 3.53.